The van der Waals surface area contributed by atoms with Gasteiger partial charge in [0.05, 0.1) is 5.75 Å². The molecule has 0 aliphatic heterocycles. The lowest BCUT2D eigenvalue weighted by molar-refractivity contribution is -0.133. The fourth-order valence-corrected chi connectivity index (χ4v) is 2.97. The lowest BCUT2D eigenvalue weighted by atomic mass is 10.1. The van der Waals surface area contributed by atoms with Crippen LogP contribution < -0.4 is 4.90 Å². The van der Waals surface area contributed by atoms with Crippen LogP contribution >= 0.6 is 11.8 Å². The van der Waals surface area contributed by atoms with Crippen LogP contribution in [0, 0.1) is 0 Å². The molecule has 0 spiro atoms. The first-order valence-electron chi connectivity index (χ1n) is 6.94. The number of hydrogen-bond acceptors (Lipinski definition) is 5. The predicted octanol–water partition coefficient (Wildman–Crippen LogP) is 2.66. The van der Waals surface area contributed by atoms with Crippen LogP contribution in [0.4, 0.5) is 5.95 Å². The Kier molecular flexibility index (Phi) is 6.32. The van der Waals surface area contributed by atoms with E-state index in [1.807, 2.05) is 11.6 Å². The molecule has 1 rings (SSSR count). The first-order valence-corrected chi connectivity index (χ1v) is 7.93. The van der Waals surface area contributed by atoms with Gasteiger partial charge in [0, 0.05) is 19.1 Å². The lowest BCUT2D eigenvalue weighted by Gasteiger charge is -2.28. The van der Waals surface area contributed by atoms with Crippen molar-refractivity contribution in [3.8, 4) is 0 Å². The number of rotatable bonds is 8. The van der Waals surface area contributed by atoms with Gasteiger partial charge in [0.25, 0.3) is 0 Å². The van der Waals surface area contributed by atoms with Crippen molar-refractivity contribution in [3.05, 3.63) is 0 Å². The van der Waals surface area contributed by atoms with E-state index in [0.717, 1.165) is 18.8 Å². The molecular formula is C13H24N4O2S. The zero-order valence-corrected chi connectivity index (χ0v) is 13.6. The number of thioether (sulfide) groups is 1. The Morgan fingerprint density at radius 3 is 2.40 bits per heavy atom. The van der Waals surface area contributed by atoms with Crippen LogP contribution in [0.2, 0.25) is 0 Å². The van der Waals surface area contributed by atoms with Gasteiger partial charge in [0.2, 0.25) is 5.95 Å². The summed E-state index contributed by atoms with van der Waals surface area (Å²) in [5.41, 5.74) is 0. The van der Waals surface area contributed by atoms with Crippen molar-refractivity contribution in [2.75, 3.05) is 17.7 Å². The molecular weight excluding hydrogens is 276 g/mol. The number of carboxylic acid groups (broad SMARTS) is 1. The Labute approximate surface area is 124 Å². The van der Waals surface area contributed by atoms with Crippen molar-refractivity contribution >= 4 is 23.7 Å². The lowest BCUT2D eigenvalue weighted by Crippen LogP contribution is -2.33. The van der Waals surface area contributed by atoms with Crippen LogP contribution in [-0.4, -0.2) is 44.7 Å². The molecule has 1 aromatic rings. The third kappa shape index (κ3) is 3.88. The molecule has 0 radical (unpaired) electrons. The molecule has 1 aromatic heterocycles. The number of carboxylic acids is 1. The minimum atomic E-state index is -0.844. The van der Waals surface area contributed by atoms with Gasteiger partial charge in [0.15, 0.2) is 5.16 Å². The number of aromatic nitrogens is 3. The quantitative estimate of drug-likeness (QED) is 0.744. The fraction of sp³-hybridized carbons (Fsp3) is 0.769. The maximum atomic E-state index is 10.7. The van der Waals surface area contributed by atoms with Crippen LogP contribution in [0.15, 0.2) is 5.16 Å². The summed E-state index contributed by atoms with van der Waals surface area (Å²) in [5.74, 6) is -0.0377. The minimum absolute atomic E-state index is 0.000445. The topological polar surface area (TPSA) is 71.2 Å². The SMILES string of the molecule is CCC(CC)N(C)c1nnc(SCC(=O)O)n1C(C)C. The molecule has 0 aliphatic rings. The van der Waals surface area contributed by atoms with Crippen LogP contribution in [-0.2, 0) is 4.79 Å². The Hall–Kier alpha value is -1.24. The van der Waals surface area contributed by atoms with Gasteiger partial charge in [-0.15, -0.1) is 10.2 Å². The molecule has 1 N–H and O–H groups in total. The van der Waals surface area contributed by atoms with Crippen molar-refractivity contribution in [2.45, 2.75) is 57.8 Å². The van der Waals surface area contributed by atoms with E-state index in [4.69, 9.17) is 5.11 Å². The second-order valence-corrected chi connectivity index (χ2v) is 5.95. The molecule has 0 aliphatic carbocycles. The third-order valence-corrected chi connectivity index (χ3v) is 4.22. The maximum absolute atomic E-state index is 10.7. The van der Waals surface area contributed by atoms with Gasteiger partial charge in [-0.1, -0.05) is 25.6 Å². The first-order chi connectivity index (χ1) is 9.42. The highest BCUT2D eigenvalue weighted by Crippen LogP contribution is 2.27. The molecule has 0 atom stereocenters. The molecule has 7 heteroatoms. The molecule has 0 bridgehead atoms. The van der Waals surface area contributed by atoms with Gasteiger partial charge in [-0.25, -0.2) is 0 Å². The monoisotopic (exact) mass is 300 g/mol. The molecule has 0 unspecified atom stereocenters. The summed E-state index contributed by atoms with van der Waals surface area (Å²) in [6, 6.07) is 0.599. The van der Waals surface area contributed by atoms with Gasteiger partial charge >= 0.3 is 5.97 Å². The van der Waals surface area contributed by atoms with Gasteiger partial charge in [0.1, 0.15) is 0 Å². The Morgan fingerprint density at radius 1 is 1.35 bits per heavy atom. The minimum Gasteiger partial charge on any atom is -0.481 e. The average molecular weight is 300 g/mol. The number of carbonyl (C=O) groups is 1. The fourth-order valence-electron chi connectivity index (χ4n) is 2.19. The van der Waals surface area contributed by atoms with E-state index in [1.165, 1.54) is 11.8 Å². The van der Waals surface area contributed by atoms with Gasteiger partial charge < -0.3 is 10.0 Å². The van der Waals surface area contributed by atoms with Crippen molar-refractivity contribution in [2.24, 2.45) is 0 Å². The number of hydrogen-bond donors (Lipinski definition) is 1. The largest absolute Gasteiger partial charge is 0.481 e. The van der Waals surface area contributed by atoms with Crippen molar-refractivity contribution in [3.63, 3.8) is 0 Å². The average Bonchev–Trinajstić information content (AvgIpc) is 2.81. The highest BCUT2D eigenvalue weighted by Gasteiger charge is 2.22. The summed E-state index contributed by atoms with van der Waals surface area (Å²) in [6.07, 6.45) is 2.07. The van der Waals surface area contributed by atoms with E-state index in [2.05, 4.69) is 42.8 Å². The Bertz CT molecular complexity index is 444. The van der Waals surface area contributed by atoms with Crippen molar-refractivity contribution in [1.82, 2.24) is 14.8 Å². The third-order valence-electron chi connectivity index (χ3n) is 3.29. The van der Waals surface area contributed by atoms with Crippen LogP contribution in [0.1, 0.15) is 46.6 Å². The summed E-state index contributed by atoms with van der Waals surface area (Å²) in [4.78, 5) is 12.8. The van der Waals surface area contributed by atoms with Gasteiger partial charge in [-0.2, -0.15) is 0 Å². The van der Waals surface area contributed by atoms with E-state index in [1.54, 1.807) is 0 Å². The zero-order chi connectivity index (χ0) is 15.3. The van der Waals surface area contributed by atoms with Crippen LogP contribution in [0.25, 0.3) is 0 Å². The van der Waals surface area contributed by atoms with E-state index >= 15 is 0 Å². The van der Waals surface area contributed by atoms with E-state index in [-0.39, 0.29) is 11.8 Å². The maximum Gasteiger partial charge on any atom is 0.313 e. The van der Waals surface area contributed by atoms with Crippen molar-refractivity contribution in [1.29, 1.82) is 0 Å². The molecule has 0 amide bonds. The molecule has 0 aromatic carbocycles. The smallest absolute Gasteiger partial charge is 0.313 e. The van der Waals surface area contributed by atoms with Gasteiger partial charge in [-0.3, -0.25) is 9.36 Å². The second kappa shape index (κ2) is 7.52. The first kappa shape index (κ1) is 16.8. The standard InChI is InChI=1S/C13H24N4O2S/c1-6-10(7-2)16(5)12-14-15-13(17(12)9(3)4)20-8-11(18)19/h9-10H,6-8H2,1-5H3,(H,18,19). The molecule has 20 heavy (non-hydrogen) atoms. The normalized spacial score (nSPS) is 11.3. The number of nitrogens with zero attached hydrogens (tertiary/aromatic N) is 4. The molecule has 1 heterocycles. The molecule has 0 saturated carbocycles. The van der Waals surface area contributed by atoms with Crippen LogP contribution in [0.5, 0.6) is 0 Å². The van der Waals surface area contributed by atoms with E-state index < -0.39 is 5.97 Å². The Balaban J connectivity index is 3.05. The zero-order valence-electron chi connectivity index (χ0n) is 12.8. The summed E-state index contributed by atoms with van der Waals surface area (Å²) in [7, 11) is 2.02. The summed E-state index contributed by atoms with van der Waals surface area (Å²) in [6.45, 7) is 8.42. The summed E-state index contributed by atoms with van der Waals surface area (Å²) >= 11 is 1.21. The van der Waals surface area contributed by atoms with E-state index in [0.29, 0.717) is 11.2 Å². The van der Waals surface area contributed by atoms with Crippen molar-refractivity contribution < 1.29 is 9.90 Å². The molecule has 0 fully saturated rings. The van der Waals surface area contributed by atoms with Gasteiger partial charge in [-0.05, 0) is 26.7 Å². The summed E-state index contributed by atoms with van der Waals surface area (Å²) in [5, 5.41) is 17.9. The molecule has 114 valence electrons. The number of aliphatic carboxylic acids is 1. The predicted molar refractivity (Wildman–Crippen MR) is 81.5 cm³/mol. The molecule has 0 saturated heterocycles. The van der Waals surface area contributed by atoms with E-state index in [9.17, 15) is 4.79 Å². The summed E-state index contributed by atoms with van der Waals surface area (Å²) < 4.78 is 2.01. The molecule has 6 nitrogen and oxygen atoms in total. The Morgan fingerprint density at radius 2 is 1.95 bits per heavy atom. The second-order valence-electron chi connectivity index (χ2n) is 5.01. The highest BCUT2D eigenvalue weighted by atomic mass is 32.2. The van der Waals surface area contributed by atoms with Crippen LogP contribution in [0.3, 0.4) is 0 Å². The highest BCUT2D eigenvalue weighted by molar-refractivity contribution is 7.99. The number of anilines is 1.